The molecule has 3 aliphatic rings. The third kappa shape index (κ3) is 3.62. The summed E-state index contributed by atoms with van der Waals surface area (Å²) in [5, 5.41) is 17.3. The van der Waals surface area contributed by atoms with Crippen LogP contribution in [-0.4, -0.2) is 42.9 Å². The largest absolute Gasteiger partial charge is 0.386 e. The number of thiophene rings is 1. The van der Waals surface area contributed by atoms with Crippen molar-refractivity contribution in [3.8, 4) is 0 Å². The Morgan fingerprint density at radius 1 is 1.50 bits per heavy atom. The van der Waals surface area contributed by atoms with Crippen LogP contribution in [0, 0.1) is 11.3 Å². The van der Waals surface area contributed by atoms with Gasteiger partial charge >= 0.3 is 0 Å². The van der Waals surface area contributed by atoms with Crippen molar-refractivity contribution in [2.24, 2.45) is 16.3 Å². The zero-order valence-corrected chi connectivity index (χ0v) is 18.8. The van der Waals surface area contributed by atoms with Crippen LogP contribution in [0.25, 0.3) is 0 Å². The van der Waals surface area contributed by atoms with Crippen molar-refractivity contribution in [3.63, 3.8) is 0 Å². The van der Waals surface area contributed by atoms with Crippen molar-refractivity contribution < 1.29 is 9.84 Å². The Balaban J connectivity index is 0.00000196. The number of ether oxygens (including phenoxy) is 1. The van der Waals surface area contributed by atoms with E-state index >= 15 is 0 Å². The lowest BCUT2D eigenvalue weighted by atomic mass is 9.46. The maximum atomic E-state index is 10.3. The first kappa shape index (κ1) is 20.6. The fraction of sp³-hybridized carbons (Fsp3) is 0.722. The molecule has 8 heteroatoms. The van der Waals surface area contributed by atoms with Crippen molar-refractivity contribution in [3.05, 3.63) is 21.3 Å². The lowest BCUT2D eigenvalue weighted by molar-refractivity contribution is -0.171. The van der Waals surface area contributed by atoms with E-state index in [1.54, 1.807) is 0 Å². The smallest absolute Gasteiger partial charge is 0.191 e. The molecule has 4 unspecified atom stereocenters. The fourth-order valence-corrected chi connectivity index (χ4v) is 5.74. The first-order valence-electron chi connectivity index (χ1n) is 9.24. The topological polar surface area (TPSA) is 65.9 Å². The van der Waals surface area contributed by atoms with E-state index in [4.69, 9.17) is 16.3 Å². The Morgan fingerprint density at radius 3 is 2.92 bits per heavy atom. The average molecular weight is 512 g/mol. The third-order valence-corrected chi connectivity index (χ3v) is 7.35. The van der Waals surface area contributed by atoms with Gasteiger partial charge in [0.1, 0.15) is 6.10 Å². The molecule has 2 heterocycles. The highest BCUT2D eigenvalue weighted by atomic mass is 127. The summed E-state index contributed by atoms with van der Waals surface area (Å²) in [6, 6.07) is 4.12. The Hall–Kier alpha value is -0.0900. The molecule has 2 aliphatic carbocycles. The molecule has 0 amide bonds. The van der Waals surface area contributed by atoms with Gasteiger partial charge in [0.05, 0.1) is 17.0 Å². The summed E-state index contributed by atoms with van der Waals surface area (Å²) in [6.07, 6.45) is 4.77. The number of nitrogens with zero attached hydrogens (tertiary/aromatic N) is 1. The number of hydrogen-bond donors (Lipinski definition) is 3. The van der Waals surface area contributed by atoms with Crippen LogP contribution in [-0.2, 0) is 4.74 Å². The van der Waals surface area contributed by atoms with Gasteiger partial charge in [-0.25, -0.2) is 0 Å². The van der Waals surface area contributed by atoms with Gasteiger partial charge in [-0.3, -0.25) is 4.99 Å². The first-order valence-corrected chi connectivity index (χ1v) is 10.4. The van der Waals surface area contributed by atoms with Crippen LogP contribution in [0.5, 0.6) is 0 Å². The third-order valence-electron chi connectivity index (χ3n) is 6.02. The zero-order chi connectivity index (χ0) is 17.4. The van der Waals surface area contributed by atoms with E-state index in [-0.39, 0.29) is 24.0 Å². The molecule has 4 atom stereocenters. The molecule has 1 aromatic rings. The van der Waals surface area contributed by atoms with Crippen molar-refractivity contribution in [1.82, 2.24) is 10.6 Å². The summed E-state index contributed by atoms with van der Waals surface area (Å²) in [7, 11) is 0. The number of aliphatic hydroxyl groups is 1. The zero-order valence-electron chi connectivity index (χ0n) is 14.9. The summed E-state index contributed by atoms with van der Waals surface area (Å²) in [4.78, 5) is 5.48. The molecule has 0 radical (unpaired) electrons. The fourth-order valence-electron chi connectivity index (χ4n) is 4.70. The van der Waals surface area contributed by atoms with Gasteiger partial charge in [-0.1, -0.05) is 18.0 Å². The highest BCUT2D eigenvalue weighted by molar-refractivity contribution is 14.0. The van der Waals surface area contributed by atoms with E-state index in [1.807, 2.05) is 12.1 Å². The summed E-state index contributed by atoms with van der Waals surface area (Å²) >= 11 is 7.36. The van der Waals surface area contributed by atoms with Crippen molar-refractivity contribution in [2.75, 3.05) is 19.7 Å². The van der Waals surface area contributed by atoms with Gasteiger partial charge in [-0.2, -0.15) is 0 Å². The number of guanidine groups is 1. The van der Waals surface area contributed by atoms with Gasteiger partial charge in [0.25, 0.3) is 0 Å². The quantitative estimate of drug-likeness (QED) is 0.321. The SMILES string of the molecule is CCNC(=NCC(O)c1ccc(Cl)s1)NC1C2CCOC2C12CCC2.I. The first-order chi connectivity index (χ1) is 12.1. The molecule has 0 aromatic carbocycles. The standard InChI is InChI=1S/C18H26ClN3O2S.HI/c1-2-20-17(21-10-12(23)13-4-5-14(19)25-13)22-15-11-6-9-24-16(11)18(15)7-3-8-18;/h4-5,11-12,15-16,23H,2-3,6-10H2,1H3,(H2,20,21,22);1H. The van der Waals surface area contributed by atoms with Crippen LogP contribution in [0.1, 0.15) is 43.6 Å². The molecule has 146 valence electrons. The van der Waals surface area contributed by atoms with E-state index in [9.17, 15) is 5.11 Å². The molecule has 0 bridgehead atoms. The Morgan fingerprint density at radius 2 is 2.31 bits per heavy atom. The monoisotopic (exact) mass is 511 g/mol. The summed E-state index contributed by atoms with van der Waals surface area (Å²) < 4.78 is 6.68. The Bertz CT molecular complexity index is 652. The number of fused-ring (bicyclic) bond motifs is 2. The highest BCUT2D eigenvalue weighted by Crippen LogP contribution is 2.62. The second-order valence-electron chi connectivity index (χ2n) is 7.33. The van der Waals surface area contributed by atoms with Gasteiger partial charge in [0, 0.05) is 35.4 Å². The lowest BCUT2D eigenvalue weighted by Gasteiger charge is -2.63. The van der Waals surface area contributed by atoms with Crippen molar-refractivity contribution in [2.45, 2.75) is 50.9 Å². The van der Waals surface area contributed by atoms with E-state index in [0.29, 0.717) is 34.4 Å². The molecule has 1 spiro atoms. The van der Waals surface area contributed by atoms with E-state index in [1.165, 1.54) is 30.6 Å². The molecular formula is C18H27ClIN3O2S. The molecule has 1 aromatic heterocycles. The van der Waals surface area contributed by atoms with E-state index < -0.39 is 6.10 Å². The van der Waals surface area contributed by atoms with Gasteiger partial charge in [0.15, 0.2) is 5.96 Å². The van der Waals surface area contributed by atoms with Crippen LogP contribution in [0.4, 0.5) is 0 Å². The predicted octanol–water partition coefficient (Wildman–Crippen LogP) is 3.57. The highest BCUT2D eigenvalue weighted by Gasteiger charge is 2.66. The molecular weight excluding hydrogens is 485 g/mol. The molecule has 3 fully saturated rings. The number of aliphatic hydroxyl groups excluding tert-OH is 1. The van der Waals surface area contributed by atoms with Crippen LogP contribution < -0.4 is 10.6 Å². The molecule has 1 saturated heterocycles. The van der Waals surface area contributed by atoms with Crippen LogP contribution in [0.15, 0.2) is 17.1 Å². The molecule has 26 heavy (non-hydrogen) atoms. The number of nitrogens with one attached hydrogen (secondary N) is 2. The maximum Gasteiger partial charge on any atom is 0.191 e. The molecule has 1 aliphatic heterocycles. The van der Waals surface area contributed by atoms with Gasteiger partial charge in [0.2, 0.25) is 0 Å². The molecule has 4 rings (SSSR count). The Kier molecular flexibility index (Phi) is 6.75. The van der Waals surface area contributed by atoms with Crippen molar-refractivity contribution in [1.29, 1.82) is 0 Å². The van der Waals surface area contributed by atoms with E-state index in [2.05, 4.69) is 22.5 Å². The molecule has 2 saturated carbocycles. The minimum Gasteiger partial charge on any atom is -0.386 e. The van der Waals surface area contributed by atoms with Crippen molar-refractivity contribution >= 4 is 52.9 Å². The molecule has 5 nitrogen and oxygen atoms in total. The van der Waals surface area contributed by atoms with Gasteiger partial charge in [-0.05, 0) is 38.3 Å². The second kappa shape index (κ2) is 8.51. The number of rotatable bonds is 5. The van der Waals surface area contributed by atoms with Crippen LogP contribution in [0.3, 0.4) is 0 Å². The Labute approximate surface area is 181 Å². The van der Waals surface area contributed by atoms with Crippen LogP contribution in [0.2, 0.25) is 4.34 Å². The second-order valence-corrected chi connectivity index (χ2v) is 9.08. The lowest BCUT2D eigenvalue weighted by Crippen LogP contribution is -2.72. The summed E-state index contributed by atoms with van der Waals surface area (Å²) in [5.41, 5.74) is 0.317. The normalized spacial score (nSPS) is 30.0. The minimum atomic E-state index is -0.616. The minimum absolute atomic E-state index is 0. The summed E-state index contributed by atoms with van der Waals surface area (Å²) in [6.45, 7) is 4.09. The van der Waals surface area contributed by atoms with Crippen LogP contribution >= 0.6 is 46.9 Å². The predicted molar refractivity (Wildman–Crippen MR) is 117 cm³/mol. The molecule has 3 N–H and O–H groups in total. The number of halogens is 2. The van der Waals surface area contributed by atoms with Gasteiger partial charge < -0.3 is 20.5 Å². The maximum absolute atomic E-state index is 10.3. The average Bonchev–Trinajstić information content (AvgIpc) is 3.16. The number of hydrogen-bond acceptors (Lipinski definition) is 4. The summed E-state index contributed by atoms with van der Waals surface area (Å²) in [5.74, 6) is 1.40. The van der Waals surface area contributed by atoms with E-state index in [0.717, 1.165) is 30.4 Å². The number of aliphatic imine (C=N–C) groups is 1. The van der Waals surface area contributed by atoms with Gasteiger partial charge in [-0.15, -0.1) is 35.3 Å².